The van der Waals surface area contributed by atoms with Gasteiger partial charge in [0, 0.05) is 24.3 Å². The molecule has 0 aliphatic carbocycles. The van der Waals surface area contributed by atoms with Crippen molar-refractivity contribution in [3.8, 4) is 5.75 Å². The number of rotatable bonds is 6. The minimum atomic E-state index is -0.226. The predicted octanol–water partition coefficient (Wildman–Crippen LogP) is 4.99. The van der Waals surface area contributed by atoms with Gasteiger partial charge in [-0.3, -0.25) is 9.59 Å². The van der Waals surface area contributed by atoms with Crippen LogP contribution in [0.2, 0.25) is 0 Å². The summed E-state index contributed by atoms with van der Waals surface area (Å²) >= 11 is 0. The van der Waals surface area contributed by atoms with E-state index in [0.717, 1.165) is 25.9 Å². The van der Waals surface area contributed by atoms with Gasteiger partial charge in [-0.05, 0) is 55.2 Å². The van der Waals surface area contributed by atoms with E-state index in [9.17, 15) is 9.59 Å². The summed E-state index contributed by atoms with van der Waals surface area (Å²) in [6.07, 6.45) is 4.52. The van der Waals surface area contributed by atoms with Crippen molar-refractivity contribution in [2.45, 2.75) is 39.5 Å². The van der Waals surface area contributed by atoms with Gasteiger partial charge in [-0.2, -0.15) is 0 Å². The molecule has 0 spiro atoms. The third kappa shape index (κ3) is 5.83. The molecule has 1 N–H and O–H groups in total. The molecule has 2 aromatic carbocycles. The highest BCUT2D eigenvalue weighted by Gasteiger charge is 2.18. The van der Waals surface area contributed by atoms with Crippen LogP contribution in [0.5, 0.6) is 5.75 Å². The van der Waals surface area contributed by atoms with E-state index >= 15 is 0 Å². The molecule has 1 saturated heterocycles. The topological polar surface area (TPSA) is 58.6 Å². The highest BCUT2D eigenvalue weighted by molar-refractivity contribution is 6.06. The number of carbonyl (C=O) groups excluding carboxylic acids is 2. The Balaban J connectivity index is 1.65. The van der Waals surface area contributed by atoms with Gasteiger partial charge in [0.15, 0.2) is 0 Å². The number of nitrogens with zero attached hydrogens (tertiary/aromatic N) is 1. The van der Waals surface area contributed by atoms with Crippen LogP contribution in [-0.2, 0) is 0 Å². The number of nitrogens with one attached hydrogen (secondary N) is 1. The quantitative estimate of drug-likeness (QED) is 0.751. The second kappa shape index (κ2) is 10.1. The Morgan fingerprint density at radius 2 is 1.62 bits per heavy atom. The molecule has 1 fully saturated rings. The first-order chi connectivity index (χ1) is 14.0. The summed E-state index contributed by atoms with van der Waals surface area (Å²) in [5, 5.41) is 2.90. The molecule has 0 bridgehead atoms. The van der Waals surface area contributed by atoms with Crippen molar-refractivity contribution in [3.05, 3.63) is 59.7 Å². The van der Waals surface area contributed by atoms with Crippen LogP contribution in [0.3, 0.4) is 0 Å². The van der Waals surface area contributed by atoms with Crippen molar-refractivity contribution in [1.82, 2.24) is 4.90 Å². The maximum Gasteiger partial charge on any atom is 0.259 e. The molecule has 1 aliphatic heterocycles. The molecular formula is C24H30N2O3. The van der Waals surface area contributed by atoms with Crippen molar-refractivity contribution < 1.29 is 14.3 Å². The fraction of sp³-hybridized carbons (Fsp3) is 0.417. The van der Waals surface area contributed by atoms with Gasteiger partial charge in [0.05, 0.1) is 12.2 Å². The van der Waals surface area contributed by atoms with Crippen LogP contribution in [0, 0.1) is 5.92 Å². The number of ether oxygens (including phenoxy) is 1. The van der Waals surface area contributed by atoms with E-state index in [1.807, 2.05) is 17.0 Å². The largest absolute Gasteiger partial charge is 0.492 e. The lowest BCUT2D eigenvalue weighted by atomic mass is 10.1. The molecule has 5 nitrogen and oxygen atoms in total. The van der Waals surface area contributed by atoms with E-state index in [0.29, 0.717) is 35.1 Å². The smallest absolute Gasteiger partial charge is 0.259 e. The van der Waals surface area contributed by atoms with Crippen LogP contribution in [0.1, 0.15) is 60.2 Å². The third-order valence-electron chi connectivity index (χ3n) is 4.99. The van der Waals surface area contributed by atoms with Gasteiger partial charge in [0.25, 0.3) is 11.8 Å². The van der Waals surface area contributed by atoms with Crippen molar-refractivity contribution in [2.75, 3.05) is 25.0 Å². The number of likely N-dealkylation sites (tertiary alicyclic amines) is 1. The van der Waals surface area contributed by atoms with Crippen LogP contribution in [0.15, 0.2) is 48.5 Å². The van der Waals surface area contributed by atoms with Crippen molar-refractivity contribution in [3.63, 3.8) is 0 Å². The maximum absolute atomic E-state index is 12.7. The Morgan fingerprint density at radius 3 is 2.28 bits per heavy atom. The summed E-state index contributed by atoms with van der Waals surface area (Å²) in [5.74, 6) is 0.792. The molecule has 3 rings (SSSR count). The molecule has 0 atom stereocenters. The van der Waals surface area contributed by atoms with Crippen LogP contribution in [0.25, 0.3) is 0 Å². The van der Waals surface area contributed by atoms with Gasteiger partial charge in [-0.1, -0.05) is 38.8 Å². The highest BCUT2D eigenvalue weighted by Crippen LogP contribution is 2.21. The summed E-state index contributed by atoms with van der Waals surface area (Å²) in [6.45, 7) is 6.33. The van der Waals surface area contributed by atoms with E-state index in [-0.39, 0.29) is 11.8 Å². The monoisotopic (exact) mass is 394 g/mol. The zero-order valence-corrected chi connectivity index (χ0v) is 17.3. The number of hydrogen-bond acceptors (Lipinski definition) is 3. The van der Waals surface area contributed by atoms with Crippen LogP contribution < -0.4 is 10.1 Å². The van der Waals surface area contributed by atoms with Crippen LogP contribution in [0.4, 0.5) is 5.69 Å². The fourth-order valence-corrected chi connectivity index (χ4v) is 3.39. The molecule has 154 valence electrons. The number of anilines is 1. The van der Waals surface area contributed by atoms with Crippen LogP contribution >= 0.6 is 0 Å². The molecule has 0 unspecified atom stereocenters. The molecule has 1 aliphatic rings. The van der Waals surface area contributed by atoms with E-state index in [1.165, 1.54) is 12.8 Å². The summed E-state index contributed by atoms with van der Waals surface area (Å²) in [7, 11) is 0. The van der Waals surface area contributed by atoms with Gasteiger partial charge in [0.1, 0.15) is 5.75 Å². The zero-order chi connectivity index (χ0) is 20.6. The summed E-state index contributed by atoms with van der Waals surface area (Å²) in [5.41, 5.74) is 1.81. The minimum absolute atomic E-state index is 0.0669. The van der Waals surface area contributed by atoms with E-state index < -0.39 is 0 Å². The SMILES string of the molecule is CC(C)COc1ccccc1C(=O)Nc1ccc(C(=O)N2CCCCCC2)cc1. The van der Waals surface area contributed by atoms with E-state index in [2.05, 4.69) is 19.2 Å². The van der Waals surface area contributed by atoms with Gasteiger partial charge in [-0.25, -0.2) is 0 Å². The number of carbonyl (C=O) groups is 2. The minimum Gasteiger partial charge on any atom is -0.492 e. The molecule has 2 aromatic rings. The first-order valence-electron chi connectivity index (χ1n) is 10.5. The lowest BCUT2D eigenvalue weighted by Crippen LogP contribution is -2.31. The third-order valence-corrected chi connectivity index (χ3v) is 4.99. The summed E-state index contributed by atoms with van der Waals surface area (Å²) < 4.78 is 5.77. The van der Waals surface area contributed by atoms with Crippen molar-refractivity contribution in [1.29, 1.82) is 0 Å². The lowest BCUT2D eigenvalue weighted by molar-refractivity contribution is 0.0761. The highest BCUT2D eigenvalue weighted by atomic mass is 16.5. The lowest BCUT2D eigenvalue weighted by Gasteiger charge is -2.20. The predicted molar refractivity (Wildman–Crippen MR) is 116 cm³/mol. The average molecular weight is 395 g/mol. The van der Waals surface area contributed by atoms with Crippen molar-refractivity contribution in [2.24, 2.45) is 5.92 Å². The number of benzene rings is 2. The van der Waals surface area contributed by atoms with Crippen molar-refractivity contribution >= 4 is 17.5 Å². The van der Waals surface area contributed by atoms with Gasteiger partial charge >= 0.3 is 0 Å². The second-order valence-electron chi connectivity index (χ2n) is 7.94. The van der Waals surface area contributed by atoms with E-state index in [1.54, 1.807) is 36.4 Å². The normalized spacial score (nSPS) is 14.4. The van der Waals surface area contributed by atoms with Gasteiger partial charge in [0.2, 0.25) is 0 Å². The Kier molecular flexibility index (Phi) is 7.28. The Bertz CT molecular complexity index is 822. The number of para-hydroxylation sites is 1. The zero-order valence-electron chi connectivity index (χ0n) is 17.3. The fourth-order valence-electron chi connectivity index (χ4n) is 3.39. The molecule has 1 heterocycles. The first-order valence-corrected chi connectivity index (χ1v) is 10.5. The molecule has 0 radical (unpaired) electrons. The van der Waals surface area contributed by atoms with E-state index in [4.69, 9.17) is 4.74 Å². The molecule has 0 aromatic heterocycles. The molecule has 2 amide bonds. The Labute approximate surface area is 173 Å². The molecular weight excluding hydrogens is 364 g/mol. The molecule has 0 saturated carbocycles. The second-order valence-corrected chi connectivity index (χ2v) is 7.94. The average Bonchev–Trinajstić information content (AvgIpc) is 3.02. The Morgan fingerprint density at radius 1 is 0.966 bits per heavy atom. The van der Waals surface area contributed by atoms with Gasteiger partial charge in [-0.15, -0.1) is 0 Å². The summed E-state index contributed by atoms with van der Waals surface area (Å²) in [6, 6.07) is 14.4. The van der Waals surface area contributed by atoms with Gasteiger partial charge < -0.3 is 15.0 Å². The maximum atomic E-state index is 12.7. The standard InChI is InChI=1S/C24H30N2O3/c1-18(2)17-29-22-10-6-5-9-21(22)23(27)25-20-13-11-19(12-14-20)24(28)26-15-7-3-4-8-16-26/h5-6,9-14,18H,3-4,7-8,15-17H2,1-2H3,(H,25,27). The van der Waals surface area contributed by atoms with Crippen LogP contribution in [-0.4, -0.2) is 36.4 Å². The summed E-state index contributed by atoms with van der Waals surface area (Å²) in [4.78, 5) is 27.4. The Hall–Kier alpha value is -2.82. The molecule has 5 heteroatoms. The first kappa shape index (κ1) is 20.9. The number of amides is 2. The molecule has 29 heavy (non-hydrogen) atoms. The number of hydrogen-bond donors (Lipinski definition) is 1.